The Labute approximate surface area is 204 Å². The van der Waals surface area contributed by atoms with Crippen molar-refractivity contribution in [2.45, 2.75) is 32.2 Å². The molecule has 1 unspecified atom stereocenters. The van der Waals surface area contributed by atoms with Gasteiger partial charge in [0.1, 0.15) is 17.3 Å². The van der Waals surface area contributed by atoms with E-state index in [2.05, 4.69) is 25.8 Å². The fourth-order valence-corrected chi connectivity index (χ4v) is 4.22. The monoisotopic (exact) mass is 472 g/mol. The molecule has 1 aliphatic heterocycles. The summed E-state index contributed by atoms with van der Waals surface area (Å²) in [4.78, 5) is 32.3. The molecule has 35 heavy (non-hydrogen) atoms. The van der Waals surface area contributed by atoms with Crippen molar-refractivity contribution < 1.29 is 24.2 Å². The van der Waals surface area contributed by atoms with E-state index >= 15 is 0 Å². The van der Waals surface area contributed by atoms with Crippen molar-refractivity contribution >= 4 is 23.1 Å². The van der Waals surface area contributed by atoms with Crippen LogP contribution in [0, 0.1) is 0 Å². The number of aliphatic hydroxyl groups excluding tert-OH is 1. The van der Waals surface area contributed by atoms with Crippen molar-refractivity contribution in [1.82, 2.24) is 4.98 Å². The Kier molecular flexibility index (Phi) is 6.35. The first kappa shape index (κ1) is 24.0. The van der Waals surface area contributed by atoms with Crippen molar-refractivity contribution in [3.8, 4) is 11.5 Å². The number of rotatable bonds is 5. The number of amides is 1. The largest absolute Gasteiger partial charge is 0.507 e. The minimum atomic E-state index is -0.875. The molecule has 1 N–H and O–H groups in total. The molecule has 1 aliphatic rings. The zero-order valence-corrected chi connectivity index (χ0v) is 20.4. The number of aromatic nitrogens is 1. The van der Waals surface area contributed by atoms with Crippen LogP contribution in [0.5, 0.6) is 11.5 Å². The number of benzene rings is 2. The van der Waals surface area contributed by atoms with Crippen LogP contribution in [-0.2, 0) is 15.0 Å². The average Bonchev–Trinajstić information content (AvgIpc) is 3.13. The maximum Gasteiger partial charge on any atom is 0.300 e. The number of hydrogen-bond donors (Lipinski definition) is 1. The van der Waals surface area contributed by atoms with Crippen LogP contribution in [0.1, 0.15) is 43.5 Å². The van der Waals surface area contributed by atoms with E-state index in [1.54, 1.807) is 42.7 Å². The van der Waals surface area contributed by atoms with Gasteiger partial charge < -0.3 is 14.6 Å². The molecule has 1 amide bonds. The van der Waals surface area contributed by atoms with E-state index in [0.29, 0.717) is 22.7 Å². The third kappa shape index (κ3) is 4.37. The van der Waals surface area contributed by atoms with Crippen molar-refractivity contribution in [3.63, 3.8) is 0 Å². The smallest absolute Gasteiger partial charge is 0.300 e. The highest BCUT2D eigenvalue weighted by Gasteiger charge is 2.47. The van der Waals surface area contributed by atoms with Gasteiger partial charge in [0.05, 0.1) is 31.4 Å². The summed E-state index contributed by atoms with van der Waals surface area (Å²) in [5.74, 6) is -1.06. The molecule has 1 fully saturated rings. The molecule has 2 aromatic carbocycles. The molecule has 0 saturated carbocycles. The average molecular weight is 473 g/mol. The lowest BCUT2D eigenvalue weighted by Crippen LogP contribution is -2.29. The van der Waals surface area contributed by atoms with Crippen molar-refractivity contribution in [2.75, 3.05) is 19.1 Å². The van der Waals surface area contributed by atoms with E-state index < -0.39 is 17.7 Å². The van der Waals surface area contributed by atoms with Crippen molar-refractivity contribution in [1.29, 1.82) is 0 Å². The van der Waals surface area contributed by atoms with E-state index in [1.807, 2.05) is 24.3 Å². The van der Waals surface area contributed by atoms with Gasteiger partial charge in [-0.15, -0.1) is 0 Å². The van der Waals surface area contributed by atoms with Gasteiger partial charge in [-0.25, -0.2) is 0 Å². The first-order valence-corrected chi connectivity index (χ1v) is 11.2. The van der Waals surface area contributed by atoms with Crippen LogP contribution in [0.3, 0.4) is 0 Å². The fourth-order valence-electron chi connectivity index (χ4n) is 4.22. The van der Waals surface area contributed by atoms with Gasteiger partial charge in [0.15, 0.2) is 0 Å². The highest BCUT2D eigenvalue weighted by Crippen LogP contribution is 2.43. The molecule has 1 aromatic heterocycles. The summed E-state index contributed by atoms with van der Waals surface area (Å²) in [6.45, 7) is 6.31. The number of hydrogen-bond acceptors (Lipinski definition) is 6. The summed E-state index contributed by atoms with van der Waals surface area (Å²) in [6, 6.07) is 15.0. The third-order valence-electron chi connectivity index (χ3n) is 6.12. The third-order valence-corrected chi connectivity index (χ3v) is 6.12. The lowest BCUT2D eigenvalue weighted by Gasteiger charge is -2.26. The predicted molar refractivity (Wildman–Crippen MR) is 134 cm³/mol. The molecule has 7 heteroatoms. The second-order valence-corrected chi connectivity index (χ2v) is 9.32. The number of Topliss-reactive ketones (excluding diaryl/α,β-unsaturated/α-hetero) is 1. The Morgan fingerprint density at radius 1 is 1.00 bits per heavy atom. The van der Waals surface area contributed by atoms with E-state index in [4.69, 9.17) is 9.47 Å². The summed E-state index contributed by atoms with van der Waals surface area (Å²) in [5, 5.41) is 11.4. The van der Waals surface area contributed by atoms with Crippen molar-refractivity contribution in [2.24, 2.45) is 0 Å². The van der Waals surface area contributed by atoms with Gasteiger partial charge in [-0.05, 0) is 52.9 Å². The fraction of sp³-hybridized carbons (Fsp3) is 0.250. The number of carbonyl (C=O) groups is 2. The molecular formula is C28H28N2O5. The molecule has 3 aromatic rings. The molecular weight excluding hydrogens is 444 g/mol. The minimum Gasteiger partial charge on any atom is -0.507 e. The van der Waals surface area contributed by atoms with Crippen LogP contribution >= 0.6 is 0 Å². The van der Waals surface area contributed by atoms with Gasteiger partial charge >= 0.3 is 0 Å². The Bertz CT molecular complexity index is 1290. The number of aliphatic hydroxyl groups is 1. The van der Waals surface area contributed by atoms with Crippen LogP contribution in [-0.4, -0.2) is 36.0 Å². The van der Waals surface area contributed by atoms with E-state index in [1.165, 1.54) is 19.1 Å². The van der Waals surface area contributed by atoms with Gasteiger partial charge in [-0.2, -0.15) is 0 Å². The van der Waals surface area contributed by atoms with Gasteiger partial charge in [-0.3, -0.25) is 19.5 Å². The molecule has 4 rings (SSSR count). The predicted octanol–water partition coefficient (Wildman–Crippen LogP) is 5.02. The second-order valence-electron chi connectivity index (χ2n) is 9.32. The topological polar surface area (TPSA) is 89.0 Å². The molecule has 0 radical (unpaired) electrons. The van der Waals surface area contributed by atoms with Crippen molar-refractivity contribution in [3.05, 3.63) is 89.3 Å². The normalized spacial score (nSPS) is 17.5. The highest BCUT2D eigenvalue weighted by molar-refractivity contribution is 6.51. The molecule has 7 nitrogen and oxygen atoms in total. The summed E-state index contributed by atoms with van der Waals surface area (Å²) < 4.78 is 10.7. The SMILES string of the molecule is COc1ccc(OC)c(/C(O)=C2\C(=O)C(=O)N(c3ccc(C(C)(C)C)cc3)C2c2cccnc2)c1. The summed E-state index contributed by atoms with van der Waals surface area (Å²) >= 11 is 0. The maximum atomic E-state index is 13.4. The number of pyridine rings is 1. The van der Waals surface area contributed by atoms with Crippen LogP contribution in [0.25, 0.3) is 5.76 Å². The van der Waals surface area contributed by atoms with Gasteiger partial charge in [-0.1, -0.05) is 39.0 Å². The number of ether oxygens (including phenoxy) is 2. The molecule has 0 bridgehead atoms. The van der Waals surface area contributed by atoms with E-state index in [9.17, 15) is 14.7 Å². The lowest BCUT2D eigenvalue weighted by atomic mass is 9.87. The number of ketones is 1. The van der Waals surface area contributed by atoms with Gasteiger partial charge in [0.25, 0.3) is 11.7 Å². The van der Waals surface area contributed by atoms with Crippen LogP contribution in [0.15, 0.2) is 72.6 Å². The Balaban J connectivity index is 1.93. The van der Waals surface area contributed by atoms with Crippen LogP contribution < -0.4 is 14.4 Å². The zero-order chi connectivity index (χ0) is 25.3. The zero-order valence-electron chi connectivity index (χ0n) is 20.4. The maximum absolute atomic E-state index is 13.4. The number of carbonyl (C=O) groups excluding carboxylic acids is 2. The Morgan fingerprint density at radius 3 is 2.29 bits per heavy atom. The Morgan fingerprint density at radius 2 is 1.71 bits per heavy atom. The molecule has 1 atom stereocenters. The van der Waals surface area contributed by atoms with Crippen LogP contribution in [0.4, 0.5) is 5.69 Å². The second kappa shape index (κ2) is 9.25. The summed E-state index contributed by atoms with van der Waals surface area (Å²) in [6.07, 6.45) is 3.20. The molecule has 2 heterocycles. The van der Waals surface area contributed by atoms with E-state index in [-0.39, 0.29) is 22.3 Å². The van der Waals surface area contributed by atoms with Gasteiger partial charge in [0.2, 0.25) is 0 Å². The Hall–Kier alpha value is -4.13. The highest BCUT2D eigenvalue weighted by atomic mass is 16.5. The number of nitrogens with zero attached hydrogens (tertiary/aromatic N) is 2. The number of methoxy groups -OCH3 is 2. The molecule has 1 saturated heterocycles. The number of anilines is 1. The standard InChI is InChI=1S/C28H28N2O5/c1-28(2,3)18-8-10-19(11-9-18)30-24(17-7-6-14-29-16-17)23(26(32)27(30)33)25(31)21-15-20(34-4)12-13-22(21)35-5/h6-16,24,31H,1-5H3/b25-23+. The quantitative estimate of drug-likeness (QED) is 0.319. The molecule has 180 valence electrons. The first-order valence-electron chi connectivity index (χ1n) is 11.2. The summed E-state index contributed by atoms with van der Waals surface area (Å²) in [7, 11) is 2.97. The minimum absolute atomic E-state index is 0.0468. The lowest BCUT2D eigenvalue weighted by molar-refractivity contribution is -0.132. The van der Waals surface area contributed by atoms with E-state index in [0.717, 1.165) is 5.56 Å². The first-order chi connectivity index (χ1) is 16.7. The van der Waals surface area contributed by atoms with Crippen LogP contribution in [0.2, 0.25) is 0 Å². The van der Waals surface area contributed by atoms with Gasteiger partial charge in [0, 0.05) is 18.1 Å². The molecule has 0 spiro atoms. The molecule has 0 aliphatic carbocycles. The summed E-state index contributed by atoms with van der Waals surface area (Å²) in [5.41, 5.74) is 2.37.